The van der Waals surface area contributed by atoms with Crippen molar-refractivity contribution in [2.75, 3.05) is 19.7 Å². The fraction of sp³-hybridized carbons (Fsp3) is 0.533. The van der Waals surface area contributed by atoms with Gasteiger partial charge in [0.15, 0.2) is 6.61 Å². The van der Waals surface area contributed by atoms with Gasteiger partial charge in [0.2, 0.25) is 0 Å². The second-order valence-corrected chi connectivity index (χ2v) is 4.73. The van der Waals surface area contributed by atoms with Gasteiger partial charge in [0.05, 0.1) is 0 Å². The standard InChI is InChI=1S/C15H21NO2/c1-2-13-7-6-8-14(11-13)18-12-15(17)16-9-4-3-5-10-16/h6-8,11H,2-5,9-10,12H2,1H3. The molecule has 0 aliphatic carbocycles. The van der Waals surface area contributed by atoms with Gasteiger partial charge in [-0.1, -0.05) is 19.1 Å². The van der Waals surface area contributed by atoms with Crippen LogP contribution in [0.5, 0.6) is 5.75 Å². The Morgan fingerprint density at radius 3 is 2.78 bits per heavy atom. The van der Waals surface area contributed by atoms with Crippen LogP contribution in [-0.4, -0.2) is 30.5 Å². The maximum atomic E-state index is 11.9. The largest absolute Gasteiger partial charge is 0.484 e. The number of hydrogen-bond acceptors (Lipinski definition) is 2. The van der Waals surface area contributed by atoms with E-state index in [0.717, 1.165) is 38.1 Å². The number of amides is 1. The Morgan fingerprint density at radius 1 is 1.28 bits per heavy atom. The van der Waals surface area contributed by atoms with E-state index in [1.54, 1.807) is 0 Å². The normalized spacial score (nSPS) is 15.5. The summed E-state index contributed by atoms with van der Waals surface area (Å²) in [5.41, 5.74) is 1.23. The Labute approximate surface area is 109 Å². The van der Waals surface area contributed by atoms with E-state index >= 15 is 0 Å². The SMILES string of the molecule is CCc1cccc(OCC(=O)N2CCCCC2)c1. The summed E-state index contributed by atoms with van der Waals surface area (Å²) in [5.74, 6) is 0.899. The highest BCUT2D eigenvalue weighted by atomic mass is 16.5. The third kappa shape index (κ3) is 3.49. The lowest BCUT2D eigenvalue weighted by Gasteiger charge is -2.26. The molecule has 0 radical (unpaired) electrons. The second-order valence-electron chi connectivity index (χ2n) is 4.73. The lowest BCUT2D eigenvalue weighted by molar-refractivity contribution is -0.134. The summed E-state index contributed by atoms with van der Waals surface area (Å²) < 4.78 is 5.57. The molecule has 0 atom stereocenters. The number of benzene rings is 1. The smallest absolute Gasteiger partial charge is 0.260 e. The topological polar surface area (TPSA) is 29.5 Å². The molecular formula is C15H21NO2. The van der Waals surface area contributed by atoms with Crippen LogP contribution in [0, 0.1) is 0 Å². The summed E-state index contributed by atoms with van der Waals surface area (Å²) in [4.78, 5) is 13.8. The first-order chi connectivity index (χ1) is 8.79. The Balaban J connectivity index is 1.84. The number of carbonyl (C=O) groups is 1. The van der Waals surface area contributed by atoms with Gasteiger partial charge in [0, 0.05) is 13.1 Å². The highest BCUT2D eigenvalue weighted by Gasteiger charge is 2.16. The van der Waals surface area contributed by atoms with Crippen molar-refractivity contribution in [3.05, 3.63) is 29.8 Å². The molecule has 1 amide bonds. The van der Waals surface area contributed by atoms with Crippen LogP contribution in [0.25, 0.3) is 0 Å². The van der Waals surface area contributed by atoms with Crippen molar-refractivity contribution in [3.8, 4) is 5.75 Å². The van der Waals surface area contributed by atoms with Crippen molar-refractivity contribution in [3.63, 3.8) is 0 Å². The predicted octanol–water partition coefficient (Wildman–Crippen LogP) is 2.64. The molecule has 0 bridgehead atoms. The van der Waals surface area contributed by atoms with Crippen molar-refractivity contribution < 1.29 is 9.53 Å². The maximum Gasteiger partial charge on any atom is 0.260 e. The molecule has 98 valence electrons. The average molecular weight is 247 g/mol. The number of rotatable bonds is 4. The van der Waals surface area contributed by atoms with Gasteiger partial charge in [-0.05, 0) is 43.4 Å². The number of hydrogen-bond donors (Lipinski definition) is 0. The van der Waals surface area contributed by atoms with Gasteiger partial charge in [0.1, 0.15) is 5.75 Å². The zero-order chi connectivity index (χ0) is 12.8. The molecule has 1 heterocycles. The zero-order valence-electron chi connectivity index (χ0n) is 11.0. The third-order valence-electron chi connectivity index (χ3n) is 3.38. The molecule has 0 aromatic heterocycles. The Morgan fingerprint density at radius 2 is 2.06 bits per heavy atom. The molecule has 1 fully saturated rings. The molecule has 3 nitrogen and oxygen atoms in total. The Hall–Kier alpha value is -1.51. The fourth-order valence-electron chi connectivity index (χ4n) is 2.23. The van der Waals surface area contributed by atoms with Gasteiger partial charge in [-0.2, -0.15) is 0 Å². The second kappa shape index (κ2) is 6.43. The van der Waals surface area contributed by atoms with Crippen molar-refractivity contribution in [1.82, 2.24) is 4.90 Å². The van der Waals surface area contributed by atoms with Gasteiger partial charge in [-0.25, -0.2) is 0 Å². The first kappa shape index (κ1) is 12.9. The molecule has 1 saturated heterocycles. The predicted molar refractivity (Wildman–Crippen MR) is 71.7 cm³/mol. The number of ether oxygens (including phenoxy) is 1. The van der Waals surface area contributed by atoms with Gasteiger partial charge < -0.3 is 9.64 Å². The lowest BCUT2D eigenvalue weighted by Crippen LogP contribution is -2.38. The van der Waals surface area contributed by atoms with Crippen molar-refractivity contribution in [1.29, 1.82) is 0 Å². The molecule has 0 spiro atoms. The Bertz CT molecular complexity index is 397. The molecule has 1 aromatic carbocycles. The summed E-state index contributed by atoms with van der Waals surface area (Å²) in [6.45, 7) is 4.04. The van der Waals surface area contributed by atoms with Gasteiger partial charge in [-0.15, -0.1) is 0 Å². The van der Waals surface area contributed by atoms with Gasteiger partial charge in [-0.3, -0.25) is 4.79 Å². The third-order valence-corrected chi connectivity index (χ3v) is 3.38. The minimum atomic E-state index is 0.108. The quantitative estimate of drug-likeness (QED) is 0.818. The Kier molecular flexibility index (Phi) is 4.62. The van der Waals surface area contributed by atoms with E-state index in [2.05, 4.69) is 13.0 Å². The van der Waals surface area contributed by atoms with E-state index in [9.17, 15) is 4.79 Å². The maximum absolute atomic E-state index is 11.9. The van der Waals surface area contributed by atoms with Crippen LogP contribution < -0.4 is 4.74 Å². The van der Waals surface area contributed by atoms with E-state index < -0.39 is 0 Å². The van der Waals surface area contributed by atoms with Crippen LogP contribution in [0.1, 0.15) is 31.7 Å². The summed E-state index contributed by atoms with van der Waals surface area (Å²) in [6.07, 6.45) is 4.47. The van der Waals surface area contributed by atoms with Crippen molar-refractivity contribution in [2.45, 2.75) is 32.6 Å². The molecule has 3 heteroatoms. The molecule has 0 saturated carbocycles. The lowest BCUT2D eigenvalue weighted by atomic mass is 10.1. The zero-order valence-corrected chi connectivity index (χ0v) is 11.0. The molecular weight excluding hydrogens is 226 g/mol. The molecule has 1 aliphatic rings. The van der Waals surface area contributed by atoms with Crippen LogP contribution in [-0.2, 0) is 11.2 Å². The van der Waals surface area contributed by atoms with Crippen molar-refractivity contribution in [2.24, 2.45) is 0 Å². The van der Waals surface area contributed by atoms with Gasteiger partial charge in [0.25, 0.3) is 5.91 Å². The average Bonchev–Trinajstić information content (AvgIpc) is 2.46. The number of carbonyl (C=O) groups excluding carboxylic acids is 1. The van der Waals surface area contributed by atoms with Gasteiger partial charge >= 0.3 is 0 Å². The van der Waals surface area contributed by atoms with Crippen LogP contribution in [0.4, 0.5) is 0 Å². The van der Waals surface area contributed by atoms with E-state index in [-0.39, 0.29) is 12.5 Å². The monoisotopic (exact) mass is 247 g/mol. The minimum absolute atomic E-state index is 0.108. The highest BCUT2D eigenvalue weighted by molar-refractivity contribution is 5.77. The molecule has 1 aliphatic heterocycles. The number of piperidine rings is 1. The summed E-state index contributed by atoms with van der Waals surface area (Å²) in [6, 6.07) is 7.95. The van der Waals surface area contributed by atoms with Crippen LogP contribution in [0.2, 0.25) is 0 Å². The van der Waals surface area contributed by atoms with Crippen LogP contribution in [0.15, 0.2) is 24.3 Å². The summed E-state index contributed by atoms with van der Waals surface area (Å²) in [7, 11) is 0. The van der Waals surface area contributed by atoms with Crippen LogP contribution >= 0.6 is 0 Å². The van der Waals surface area contributed by atoms with E-state index in [0.29, 0.717) is 0 Å². The number of likely N-dealkylation sites (tertiary alicyclic amines) is 1. The van der Waals surface area contributed by atoms with E-state index in [1.807, 2.05) is 23.1 Å². The minimum Gasteiger partial charge on any atom is -0.484 e. The number of aryl methyl sites for hydroxylation is 1. The van der Waals surface area contributed by atoms with Crippen molar-refractivity contribution >= 4 is 5.91 Å². The summed E-state index contributed by atoms with van der Waals surface area (Å²) in [5, 5.41) is 0. The molecule has 0 unspecified atom stereocenters. The fourth-order valence-corrected chi connectivity index (χ4v) is 2.23. The van der Waals surface area contributed by atoms with Crippen LogP contribution in [0.3, 0.4) is 0 Å². The first-order valence-corrected chi connectivity index (χ1v) is 6.79. The highest BCUT2D eigenvalue weighted by Crippen LogP contribution is 2.14. The molecule has 1 aromatic rings. The van der Waals surface area contributed by atoms with E-state index in [4.69, 9.17) is 4.74 Å². The molecule has 18 heavy (non-hydrogen) atoms. The van der Waals surface area contributed by atoms with E-state index in [1.165, 1.54) is 12.0 Å². The summed E-state index contributed by atoms with van der Waals surface area (Å²) >= 11 is 0. The number of nitrogens with zero attached hydrogens (tertiary/aromatic N) is 1. The first-order valence-electron chi connectivity index (χ1n) is 6.79. The molecule has 0 N–H and O–H groups in total. The molecule has 2 rings (SSSR count).